The Kier molecular flexibility index (Phi) is 5.06. The number of aliphatic hydroxyl groups is 1. The van der Waals surface area contributed by atoms with Crippen LogP contribution in [-0.2, 0) is 4.79 Å². The highest BCUT2D eigenvalue weighted by Crippen LogP contribution is 2.19. The fraction of sp³-hybridized carbons (Fsp3) is 0.188. The number of aliphatic hydroxyl groups excluding tert-OH is 1. The van der Waals surface area contributed by atoms with E-state index < -0.39 is 29.7 Å². The van der Waals surface area contributed by atoms with E-state index in [1.165, 1.54) is 24.5 Å². The van der Waals surface area contributed by atoms with Crippen LogP contribution in [0.2, 0.25) is 0 Å². The molecular weight excluding hydrogens is 292 g/mol. The maximum Gasteiger partial charge on any atom is 0.244 e. The average molecular weight is 307 g/mol. The van der Waals surface area contributed by atoms with E-state index in [1.807, 2.05) is 0 Å². The van der Waals surface area contributed by atoms with Crippen molar-refractivity contribution in [2.45, 2.75) is 19.1 Å². The van der Waals surface area contributed by atoms with Gasteiger partial charge in [-0.25, -0.2) is 8.78 Å². The van der Waals surface area contributed by atoms with Gasteiger partial charge in [0.15, 0.2) is 11.6 Å². The summed E-state index contributed by atoms with van der Waals surface area (Å²) in [6.45, 7) is 1.56. The van der Waals surface area contributed by atoms with Crippen molar-refractivity contribution in [3.63, 3.8) is 0 Å². The molecule has 2 aromatic rings. The molecule has 1 amide bonds. The minimum atomic E-state index is -1.16. The quantitative estimate of drug-likeness (QED) is 0.835. The summed E-state index contributed by atoms with van der Waals surface area (Å²) in [5.41, 5.74) is 0.182. The van der Waals surface area contributed by atoms with Crippen LogP contribution in [0.5, 0.6) is 0 Å². The van der Waals surface area contributed by atoms with Gasteiger partial charge in [-0.1, -0.05) is 6.07 Å². The predicted molar refractivity (Wildman–Crippen MR) is 76.7 cm³/mol. The number of nitrogens with one attached hydrogen (secondary N) is 1. The zero-order chi connectivity index (χ0) is 16.1. The van der Waals surface area contributed by atoms with Gasteiger partial charge in [0.2, 0.25) is 5.91 Å². The Labute approximate surface area is 126 Å². The van der Waals surface area contributed by atoms with E-state index in [0.29, 0.717) is 5.76 Å². The molecule has 0 bridgehead atoms. The Morgan fingerprint density at radius 2 is 2.09 bits per heavy atom. The SMILES string of the molecule is CC(NC(=O)/C=C/c1ccco1)C(O)c1ccc(F)c(F)c1. The summed E-state index contributed by atoms with van der Waals surface area (Å²) >= 11 is 0. The molecule has 22 heavy (non-hydrogen) atoms. The van der Waals surface area contributed by atoms with Crippen LogP contribution < -0.4 is 5.32 Å². The molecule has 0 saturated heterocycles. The highest BCUT2D eigenvalue weighted by Gasteiger charge is 2.19. The second-order valence-electron chi connectivity index (χ2n) is 4.76. The molecule has 116 valence electrons. The third-order valence-corrected chi connectivity index (χ3v) is 3.07. The molecule has 2 N–H and O–H groups in total. The molecule has 2 atom stereocenters. The standard InChI is InChI=1S/C16H15F2NO3/c1-10(16(21)11-4-6-13(17)14(18)9-11)19-15(20)7-5-12-3-2-8-22-12/h2-10,16,21H,1H3,(H,19,20)/b7-5+. The van der Waals surface area contributed by atoms with E-state index in [9.17, 15) is 18.7 Å². The van der Waals surface area contributed by atoms with Crippen molar-refractivity contribution in [3.05, 3.63) is 65.6 Å². The van der Waals surface area contributed by atoms with Gasteiger partial charge in [-0.05, 0) is 42.8 Å². The summed E-state index contributed by atoms with van der Waals surface area (Å²) in [5.74, 6) is -1.96. The minimum absolute atomic E-state index is 0.182. The van der Waals surface area contributed by atoms with Gasteiger partial charge in [-0.15, -0.1) is 0 Å². The normalized spacial score (nSPS) is 14.0. The van der Waals surface area contributed by atoms with Crippen molar-refractivity contribution < 1.29 is 23.1 Å². The highest BCUT2D eigenvalue weighted by molar-refractivity contribution is 5.91. The molecule has 1 aromatic carbocycles. The third-order valence-electron chi connectivity index (χ3n) is 3.07. The first kappa shape index (κ1) is 15.9. The van der Waals surface area contributed by atoms with Crippen LogP contribution in [0.3, 0.4) is 0 Å². The van der Waals surface area contributed by atoms with Crippen LogP contribution in [-0.4, -0.2) is 17.1 Å². The number of carbonyl (C=O) groups is 1. The Morgan fingerprint density at radius 3 is 2.73 bits per heavy atom. The largest absolute Gasteiger partial charge is 0.465 e. The van der Waals surface area contributed by atoms with Gasteiger partial charge in [0.25, 0.3) is 0 Å². The molecule has 0 fully saturated rings. The van der Waals surface area contributed by atoms with Crippen LogP contribution in [0.4, 0.5) is 8.78 Å². The molecule has 0 radical (unpaired) electrons. The summed E-state index contributed by atoms with van der Waals surface area (Å²) in [4.78, 5) is 11.7. The molecule has 6 heteroatoms. The minimum Gasteiger partial charge on any atom is -0.465 e. The molecule has 0 aliphatic carbocycles. The van der Waals surface area contributed by atoms with Crippen molar-refractivity contribution in [3.8, 4) is 0 Å². The predicted octanol–water partition coefficient (Wildman–Crippen LogP) is 2.81. The first-order valence-electron chi connectivity index (χ1n) is 6.62. The van der Waals surface area contributed by atoms with Crippen LogP contribution >= 0.6 is 0 Å². The lowest BCUT2D eigenvalue weighted by molar-refractivity contribution is -0.117. The lowest BCUT2D eigenvalue weighted by atomic mass is 10.0. The first-order chi connectivity index (χ1) is 10.5. The Morgan fingerprint density at radius 1 is 1.32 bits per heavy atom. The Hall–Kier alpha value is -2.47. The Bertz CT molecular complexity index is 668. The van der Waals surface area contributed by atoms with Crippen LogP contribution in [0.15, 0.2) is 47.1 Å². The van der Waals surface area contributed by atoms with Crippen LogP contribution in [0, 0.1) is 11.6 Å². The smallest absolute Gasteiger partial charge is 0.244 e. The third kappa shape index (κ3) is 4.02. The second kappa shape index (κ2) is 7.00. The van der Waals surface area contributed by atoms with Crippen LogP contribution in [0.1, 0.15) is 24.4 Å². The fourth-order valence-electron chi connectivity index (χ4n) is 1.88. The lowest BCUT2D eigenvalue weighted by Crippen LogP contribution is -2.36. The molecule has 2 unspecified atom stereocenters. The van der Waals surface area contributed by atoms with Gasteiger partial charge in [-0.2, -0.15) is 0 Å². The van der Waals surface area contributed by atoms with Gasteiger partial charge in [0.05, 0.1) is 18.4 Å². The summed E-state index contributed by atoms with van der Waals surface area (Å²) < 4.78 is 31.0. The number of amides is 1. The van der Waals surface area contributed by atoms with Crippen LogP contribution in [0.25, 0.3) is 6.08 Å². The van der Waals surface area contributed by atoms with E-state index in [0.717, 1.165) is 12.1 Å². The monoisotopic (exact) mass is 307 g/mol. The summed E-state index contributed by atoms with van der Waals surface area (Å²) in [6, 6.07) is 5.79. The number of halogens is 2. The Balaban J connectivity index is 1.97. The van der Waals surface area contributed by atoms with Gasteiger partial charge >= 0.3 is 0 Å². The molecule has 1 aromatic heterocycles. The zero-order valence-electron chi connectivity index (χ0n) is 11.8. The molecular formula is C16H15F2NO3. The number of rotatable bonds is 5. The van der Waals surface area contributed by atoms with Crippen molar-refractivity contribution in [2.75, 3.05) is 0 Å². The second-order valence-corrected chi connectivity index (χ2v) is 4.76. The maximum absolute atomic E-state index is 13.1. The van der Waals surface area contributed by atoms with E-state index in [1.54, 1.807) is 19.1 Å². The van der Waals surface area contributed by atoms with Crippen molar-refractivity contribution in [2.24, 2.45) is 0 Å². The summed E-state index contributed by atoms with van der Waals surface area (Å²) in [7, 11) is 0. The number of benzene rings is 1. The average Bonchev–Trinajstić information content (AvgIpc) is 3.00. The van der Waals surface area contributed by atoms with E-state index >= 15 is 0 Å². The molecule has 4 nitrogen and oxygen atoms in total. The molecule has 0 aliphatic rings. The molecule has 0 saturated carbocycles. The highest BCUT2D eigenvalue weighted by atomic mass is 19.2. The number of furan rings is 1. The molecule has 2 rings (SSSR count). The maximum atomic E-state index is 13.1. The zero-order valence-corrected chi connectivity index (χ0v) is 11.8. The van der Waals surface area contributed by atoms with E-state index in [4.69, 9.17) is 4.42 Å². The summed E-state index contributed by atoms with van der Waals surface area (Å²) in [6.07, 6.45) is 3.06. The van der Waals surface area contributed by atoms with Gasteiger partial charge in [0, 0.05) is 6.08 Å². The lowest BCUT2D eigenvalue weighted by Gasteiger charge is -2.20. The van der Waals surface area contributed by atoms with E-state index in [-0.39, 0.29) is 5.56 Å². The molecule has 0 aliphatic heterocycles. The van der Waals surface area contributed by atoms with E-state index in [2.05, 4.69) is 5.32 Å². The number of hydrogen-bond donors (Lipinski definition) is 2. The summed E-state index contributed by atoms with van der Waals surface area (Å²) in [5, 5.41) is 12.6. The number of carbonyl (C=O) groups excluding carboxylic acids is 1. The topological polar surface area (TPSA) is 62.5 Å². The van der Waals surface area contributed by atoms with Crippen molar-refractivity contribution >= 4 is 12.0 Å². The first-order valence-corrected chi connectivity index (χ1v) is 6.62. The van der Waals surface area contributed by atoms with Gasteiger partial charge < -0.3 is 14.8 Å². The fourth-order valence-corrected chi connectivity index (χ4v) is 1.88. The van der Waals surface area contributed by atoms with Gasteiger partial charge in [-0.3, -0.25) is 4.79 Å². The van der Waals surface area contributed by atoms with Crippen molar-refractivity contribution in [1.29, 1.82) is 0 Å². The molecule has 0 spiro atoms. The van der Waals surface area contributed by atoms with Crippen molar-refractivity contribution in [1.82, 2.24) is 5.32 Å². The molecule has 1 heterocycles. The number of hydrogen-bond acceptors (Lipinski definition) is 3. The van der Waals surface area contributed by atoms with Gasteiger partial charge in [0.1, 0.15) is 5.76 Å².